The number of amides is 1. The number of anilines is 1. The van der Waals surface area contributed by atoms with Crippen LogP contribution in [0.1, 0.15) is 24.2 Å². The van der Waals surface area contributed by atoms with Gasteiger partial charge in [-0.1, -0.05) is 23.7 Å². The number of nitrogens with one attached hydrogen (secondary N) is 1. The minimum atomic E-state index is -0.665. The average molecular weight is 415 g/mol. The van der Waals surface area contributed by atoms with Crippen molar-refractivity contribution < 1.29 is 14.5 Å². The third-order valence-corrected chi connectivity index (χ3v) is 4.60. The van der Waals surface area contributed by atoms with Gasteiger partial charge in [0.25, 0.3) is 5.69 Å². The van der Waals surface area contributed by atoms with Crippen molar-refractivity contribution in [1.29, 1.82) is 0 Å². The first-order valence-electron chi connectivity index (χ1n) is 8.79. The lowest BCUT2D eigenvalue weighted by atomic mass is 10.2. The number of aromatic nitrogens is 2. The van der Waals surface area contributed by atoms with E-state index in [-0.39, 0.29) is 17.1 Å². The number of carbonyl (C=O) groups is 1. The van der Waals surface area contributed by atoms with E-state index in [1.807, 2.05) is 25.1 Å². The molecule has 1 heterocycles. The van der Waals surface area contributed by atoms with E-state index in [0.717, 1.165) is 5.56 Å². The molecule has 0 aliphatic carbocycles. The highest BCUT2D eigenvalue weighted by atomic mass is 35.5. The molecule has 1 unspecified atom stereocenters. The topological polar surface area (TPSA) is 99.3 Å². The van der Waals surface area contributed by atoms with Crippen LogP contribution in [0.15, 0.2) is 48.7 Å². The maximum atomic E-state index is 12.6. The summed E-state index contributed by atoms with van der Waals surface area (Å²) in [5.74, 6) is 0.384. The van der Waals surface area contributed by atoms with Gasteiger partial charge in [-0.3, -0.25) is 19.6 Å². The molecular weight excluding hydrogens is 396 g/mol. The van der Waals surface area contributed by atoms with Gasteiger partial charge in [-0.15, -0.1) is 0 Å². The number of ether oxygens (including phenoxy) is 1. The van der Waals surface area contributed by atoms with E-state index < -0.39 is 16.9 Å². The highest BCUT2D eigenvalue weighted by Gasteiger charge is 2.19. The first-order chi connectivity index (χ1) is 13.7. The summed E-state index contributed by atoms with van der Waals surface area (Å²) in [6.45, 7) is 5.30. The van der Waals surface area contributed by atoms with Crippen molar-refractivity contribution in [3.63, 3.8) is 0 Å². The zero-order valence-electron chi connectivity index (χ0n) is 16.0. The quantitative estimate of drug-likeness (QED) is 0.449. The second kappa shape index (κ2) is 8.32. The van der Waals surface area contributed by atoms with Crippen molar-refractivity contribution >= 4 is 28.9 Å². The summed E-state index contributed by atoms with van der Waals surface area (Å²) in [6, 6.07) is 10.7. The monoisotopic (exact) mass is 414 g/mol. The van der Waals surface area contributed by atoms with Crippen LogP contribution in [0.3, 0.4) is 0 Å². The minimum absolute atomic E-state index is 0.198. The molecule has 3 rings (SSSR count). The molecule has 0 aliphatic heterocycles. The van der Waals surface area contributed by atoms with E-state index in [2.05, 4.69) is 10.4 Å². The number of nitro benzene ring substituents is 1. The summed E-state index contributed by atoms with van der Waals surface area (Å²) in [4.78, 5) is 23.4. The van der Waals surface area contributed by atoms with Crippen LogP contribution in [0.5, 0.6) is 11.5 Å². The van der Waals surface area contributed by atoms with Gasteiger partial charge in [-0.05, 0) is 38.5 Å². The number of rotatable bonds is 6. The van der Waals surface area contributed by atoms with Crippen molar-refractivity contribution in [2.45, 2.75) is 26.8 Å². The normalized spacial score (nSPS) is 11.7. The predicted molar refractivity (Wildman–Crippen MR) is 110 cm³/mol. The van der Waals surface area contributed by atoms with Crippen molar-refractivity contribution in [2.75, 3.05) is 5.32 Å². The Morgan fingerprint density at radius 1 is 1.24 bits per heavy atom. The van der Waals surface area contributed by atoms with Crippen LogP contribution in [0.25, 0.3) is 0 Å². The molecule has 2 aromatic carbocycles. The fourth-order valence-corrected chi connectivity index (χ4v) is 2.80. The number of non-ortho nitro benzene ring substituents is 1. The summed E-state index contributed by atoms with van der Waals surface area (Å²) in [5, 5.41) is 18.6. The molecule has 8 nitrogen and oxygen atoms in total. The smallest absolute Gasteiger partial charge is 0.275 e. The molecule has 1 amide bonds. The maximum Gasteiger partial charge on any atom is 0.275 e. The second-order valence-corrected chi connectivity index (χ2v) is 7.01. The predicted octanol–water partition coefficient (Wildman–Crippen LogP) is 5.05. The van der Waals surface area contributed by atoms with Crippen molar-refractivity contribution in [2.24, 2.45) is 0 Å². The van der Waals surface area contributed by atoms with Gasteiger partial charge >= 0.3 is 0 Å². The Bertz CT molecular complexity index is 1060. The van der Waals surface area contributed by atoms with Gasteiger partial charge < -0.3 is 10.1 Å². The number of hydrogen-bond acceptors (Lipinski definition) is 5. The first-order valence-corrected chi connectivity index (χ1v) is 9.17. The Morgan fingerprint density at radius 3 is 2.62 bits per heavy atom. The molecule has 0 spiro atoms. The number of nitro groups is 1. The lowest BCUT2D eigenvalue weighted by molar-refractivity contribution is -0.384. The Balaban J connectivity index is 1.85. The van der Waals surface area contributed by atoms with Gasteiger partial charge in [0, 0.05) is 18.3 Å². The number of hydrogen-bond donors (Lipinski definition) is 1. The second-order valence-electron chi connectivity index (χ2n) is 6.60. The standard InChI is InChI=1S/C20H19ClN4O4/c1-12-5-4-6-17(7-12)29-18-9-15(8-16(10-18)25(27)28)22-20(26)14(3)24-11-19(21)13(2)23-24/h4-11,14H,1-3H3,(H,22,26). The van der Waals surface area contributed by atoms with Gasteiger partial charge in [0.2, 0.25) is 5.91 Å². The molecule has 1 atom stereocenters. The number of benzene rings is 2. The zero-order valence-corrected chi connectivity index (χ0v) is 16.8. The molecule has 29 heavy (non-hydrogen) atoms. The molecule has 1 N–H and O–H groups in total. The Hall–Kier alpha value is -3.39. The molecule has 0 radical (unpaired) electrons. The summed E-state index contributed by atoms with van der Waals surface area (Å²) >= 11 is 6.00. The fraction of sp³-hybridized carbons (Fsp3) is 0.200. The summed E-state index contributed by atoms with van der Waals surface area (Å²) in [6.07, 6.45) is 1.56. The highest BCUT2D eigenvalue weighted by Crippen LogP contribution is 2.30. The molecule has 0 saturated heterocycles. The highest BCUT2D eigenvalue weighted by molar-refractivity contribution is 6.31. The van der Waals surface area contributed by atoms with E-state index >= 15 is 0 Å². The third-order valence-electron chi connectivity index (χ3n) is 4.23. The molecule has 0 aliphatic rings. The molecular formula is C20H19ClN4O4. The van der Waals surface area contributed by atoms with Crippen LogP contribution in [0, 0.1) is 24.0 Å². The van der Waals surface area contributed by atoms with E-state index in [1.165, 1.54) is 22.9 Å². The van der Waals surface area contributed by atoms with Crippen LogP contribution in [-0.4, -0.2) is 20.6 Å². The van der Waals surface area contributed by atoms with Crippen LogP contribution in [0.4, 0.5) is 11.4 Å². The van der Waals surface area contributed by atoms with E-state index in [4.69, 9.17) is 16.3 Å². The molecule has 1 aromatic heterocycles. The maximum absolute atomic E-state index is 12.6. The van der Waals surface area contributed by atoms with E-state index in [1.54, 1.807) is 26.1 Å². The number of aryl methyl sites for hydroxylation is 2. The van der Waals surface area contributed by atoms with Crippen LogP contribution in [-0.2, 0) is 4.79 Å². The summed E-state index contributed by atoms with van der Waals surface area (Å²) in [5.41, 5.74) is 1.64. The van der Waals surface area contributed by atoms with Gasteiger partial charge in [0.05, 0.1) is 27.4 Å². The molecule has 150 valence electrons. The van der Waals surface area contributed by atoms with Gasteiger partial charge in [0.15, 0.2) is 0 Å². The summed E-state index contributed by atoms with van der Waals surface area (Å²) < 4.78 is 7.18. The van der Waals surface area contributed by atoms with E-state index in [0.29, 0.717) is 16.5 Å². The fourth-order valence-electron chi connectivity index (χ4n) is 2.66. The molecule has 3 aromatic rings. The third kappa shape index (κ3) is 4.91. The molecule has 0 fully saturated rings. The van der Waals surface area contributed by atoms with Gasteiger partial charge in [-0.25, -0.2) is 0 Å². The van der Waals surface area contributed by atoms with Crippen molar-refractivity contribution in [1.82, 2.24) is 9.78 Å². The lowest BCUT2D eigenvalue weighted by Gasteiger charge is -2.14. The van der Waals surface area contributed by atoms with Crippen LogP contribution in [0.2, 0.25) is 5.02 Å². The number of carbonyl (C=O) groups excluding carboxylic acids is 1. The Kier molecular flexibility index (Phi) is 5.84. The molecule has 9 heteroatoms. The van der Waals surface area contributed by atoms with Crippen LogP contribution >= 0.6 is 11.6 Å². The van der Waals surface area contributed by atoms with Gasteiger partial charge in [-0.2, -0.15) is 5.10 Å². The largest absolute Gasteiger partial charge is 0.457 e. The number of halogens is 1. The van der Waals surface area contributed by atoms with Gasteiger partial charge in [0.1, 0.15) is 17.5 Å². The van der Waals surface area contributed by atoms with Crippen molar-refractivity contribution in [3.8, 4) is 11.5 Å². The van der Waals surface area contributed by atoms with Crippen molar-refractivity contribution in [3.05, 3.63) is 75.1 Å². The average Bonchev–Trinajstić information content (AvgIpc) is 2.99. The molecule has 0 bridgehead atoms. The first kappa shape index (κ1) is 20.3. The van der Waals surface area contributed by atoms with Crippen LogP contribution < -0.4 is 10.1 Å². The van der Waals surface area contributed by atoms with E-state index in [9.17, 15) is 14.9 Å². The Labute approximate surface area is 172 Å². The zero-order chi connectivity index (χ0) is 21.1. The molecule has 0 saturated carbocycles. The number of nitrogens with zero attached hydrogens (tertiary/aromatic N) is 3. The lowest BCUT2D eigenvalue weighted by Crippen LogP contribution is -2.24. The summed E-state index contributed by atoms with van der Waals surface area (Å²) in [7, 11) is 0. The SMILES string of the molecule is Cc1cccc(Oc2cc(NC(=O)C(C)n3cc(Cl)c(C)n3)cc([N+](=O)[O-])c2)c1. The minimum Gasteiger partial charge on any atom is -0.457 e. The Morgan fingerprint density at radius 2 is 2.00 bits per heavy atom.